The number of amides is 2. The van der Waals surface area contributed by atoms with Gasteiger partial charge in [0.1, 0.15) is 6.54 Å². The molecule has 0 saturated carbocycles. The third kappa shape index (κ3) is 5.92. The van der Waals surface area contributed by atoms with Gasteiger partial charge < -0.3 is 9.80 Å². The SMILES string of the molecule is CC(C)CN(CC(=O)N1CCc2sccc2[C@H]1c1ccc(C(C)(C)C)cc1)C(=O)c1ccc(Br)cc1. The number of rotatable bonds is 6. The van der Waals surface area contributed by atoms with E-state index in [4.69, 9.17) is 0 Å². The first-order valence-corrected chi connectivity index (χ1v) is 14.2. The molecular weight excluding hydrogens is 532 g/mol. The zero-order chi connectivity index (χ0) is 26.0. The van der Waals surface area contributed by atoms with Crippen LogP contribution < -0.4 is 0 Å². The van der Waals surface area contributed by atoms with Crippen molar-refractivity contribution in [3.8, 4) is 0 Å². The summed E-state index contributed by atoms with van der Waals surface area (Å²) in [7, 11) is 0. The highest BCUT2D eigenvalue weighted by Crippen LogP contribution is 2.38. The number of carbonyl (C=O) groups excluding carboxylic acids is 2. The average Bonchev–Trinajstić information content (AvgIpc) is 3.31. The molecule has 3 aromatic rings. The van der Waals surface area contributed by atoms with Crippen LogP contribution in [-0.2, 0) is 16.6 Å². The van der Waals surface area contributed by atoms with Gasteiger partial charge in [-0.3, -0.25) is 9.59 Å². The lowest BCUT2D eigenvalue weighted by Crippen LogP contribution is -2.47. The smallest absolute Gasteiger partial charge is 0.254 e. The van der Waals surface area contributed by atoms with Crippen molar-refractivity contribution in [2.45, 2.75) is 52.5 Å². The Bertz CT molecular complexity index is 1210. The van der Waals surface area contributed by atoms with Gasteiger partial charge in [-0.1, -0.05) is 74.8 Å². The molecule has 0 fully saturated rings. The molecule has 0 unspecified atom stereocenters. The summed E-state index contributed by atoms with van der Waals surface area (Å²) in [6.07, 6.45) is 0.847. The summed E-state index contributed by atoms with van der Waals surface area (Å²) in [6.45, 7) is 12.0. The Labute approximate surface area is 227 Å². The maximum absolute atomic E-state index is 13.8. The normalized spacial score (nSPS) is 15.6. The number of hydrogen-bond donors (Lipinski definition) is 0. The third-order valence-electron chi connectivity index (χ3n) is 6.67. The molecule has 0 radical (unpaired) electrons. The van der Waals surface area contributed by atoms with E-state index in [-0.39, 0.29) is 35.7 Å². The van der Waals surface area contributed by atoms with Crippen LogP contribution in [0.5, 0.6) is 0 Å². The Balaban J connectivity index is 1.63. The van der Waals surface area contributed by atoms with Gasteiger partial charge in [0, 0.05) is 28.0 Å². The molecule has 1 aromatic heterocycles. The molecule has 4 rings (SSSR count). The van der Waals surface area contributed by atoms with Crippen molar-refractivity contribution in [2.24, 2.45) is 5.92 Å². The summed E-state index contributed by atoms with van der Waals surface area (Å²) in [4.78, 5) is 32.3. The molecule has 1 aliphatic heterocycles. The van der Waals surface area contributed by atoms with Gasteiger partial charge in [-0.15, -0.1) is 11.3 Å². The van der Waals surface area contributed by atoms with E-state index in [9.17, 15) is 9.59 Å². The predicted octanol–water partition coefficient (Wildman–Crippen LogP) is 7.08. The molecule has 36 heavy (non-hydrogen) atoms. The molecular formula is C30H35BrN2O2S. The number of halogens is 1. The van der Waals surface area contributed by atoms with E-state index >= 15 is 0 Å². The Morgan fingerprint density at radius 2 is 1.72 bits per heavy atom. The van der Waals surface area contributed by atoms with Gasteiger partial charge in [-0.25, -0.2) is 0 Å². The second-order valence-corrected chi connectivity index (χ2v) is 12.9. The van der Waals surface area contributed by atoms with E-state index < -0.39 is 0 Å². The van der Waals surface area contributed by atoms with Crippen LogP contribution in [0.4, 0.5) is 0 Å². The van der Waals surface area contributed by atoms with Crippen LogP contribution in [0.15, 0.2) is 64.5 Å². The second-order valence-electron chi connectivity index (χ2n) is 11.0. The average molecular weight is 568 g/mol. The van der Waals surface area contributed by atoms with E-state index in [1.165, 1.54) is 16.0 Å². The topological polar surface area (TPSA) is 40.6 Å². The van der Waals surface area contributed by atoms with E-state index in [1.54, 1.807) is 16.2 Å². The van der Waals surface area contributed by atoms with Crippen LogP contribution in [0.2, 0.25) is 0 Å². The lowest BCUT2D eigenvalue weighted by molar-refractivity contribution is -0.134. The first-order valence-electron chi connectivity index (χ1n) is 12.6. The summed E-state index contributed by atoms with van der Waals surface area (Å²) in [5.41, 5.74) is 4.26. The molecule has 1 atom stereocenters. The monoisotopic (exact) mass is 566 g/mol. The molecule has 0 bridgehead atoms. The quantitative estimate of drug-likeness (QED) is 0.320. The second kappa shape index (κ2) is 10.9. The van der Waals surface area contributed by atoms with Gasteiger partial charge in [-0.2, -0.15) is 0 Å². The number of benzene rings is 2. The Morgan fingerprint density at radius 3 is 2.33 bits per heavy atom. The van der Waals surface area contributed by atoms with Gasteiger partial charge in [0.2, 0.25) is 5.91 Å². The highest BCUT2D eigenvalue weighted by atomic mass is 79.9. The number of fused-ring (bicyclic) bond motifs is 1. The minimum atomic E-state index is -0.134. The van der Waals surface area contributed by atoms with Crippen LogP contribution in [0, 0.1) is 5.92 Å². The highest BCUT2D eigenvalue weighted by molar-refractivity contribution is 9.10. The zero-order valence-electron chi connectivity index (χ0n) is 21.8. The fraction of sp³-hybridized carbons (Fsp3) is 0.400. The Kier molecular flexibility index (Phi) is 8.06. The largest absolute Gasteiger partial charge is 0.330 e. The molecule has 0 aliphatic carbocycles. The molecule has 2 heterocycles. The molecule has 0 spiro atoms. The first-order chi connectivity index (χ1) is 17.0. The van der Waals surface area contributed by atoms with Crippen molar-refractivity contribution in [1.82, 2.24) is 9.80 Å². The van der Waals surface area contributed by atoms with Crippen molar-refractivity contribution in [1.29, 1.82) is 0 Å². The zero-order valence-corrected chi connectivity index (χ0v) is 24.2. The molecule has 2 amide bonds. The Hall–Kier alpha value is -2.44. The van der Waals surface area contributed by atoms with Crippen LogP contribution in [0.3, 0.4) is 0 Å². The van der Waals surface area contributed by atoms with Crippen LogP contribution >= 0.6 is 27.3 Å². The highest BCUT2D eigenvalue weighted by Gasteiger charge is 2.34. The number of hydrogen-bond acceptors (Lipinski definition) is 3. The minimum absolute atomic E-state index is 0.0112. The fourth-order valence-corrected chi connectivity index (χ4v) is 5.97. The number of thiophene rings is 1. The molecule has 0 saturated heterocycles. The van der Waals surface area contributed by atoms with Gasteiger partial charge in [-0.05, 0) is 70.2 Å². The van der Waals surface area contributed by atoms with E-state index in [0.717, 1.165) is 16.5 Å². The van der Waals surface area contributed by atoms with Crippen molar-refractivity contribution in [3.63, 3.8) is 0 Å². The van der Waals surface area contributed by atoms with Crippen molar-refractivity contribution in [3.05, 3.63) is 91.6 Å². The van der Waals surface area contributed by atoms with Crippen molar-refractivity contribution < 1.29 is 9.59 Å². The summed E-state index contributed by atoms with van der Waals surface area (Å²) in [5.74, 6) is 0.134. The molecule has 0 N–H and O–H groups in total. The van der Waals surface area contributed by atoms with Crippen molar-refractivity contribution in [2.75, 3.05) is 19.6 Å². The van der Waals surface area contributed by atoms with Crippen molar-refractivity contribution >= 4 is 39.1 Å². The van der Waals surface area contributed by atoms with Gasteiger partial charge in [0.15, 0.2) is 0 Å². The maximum Gasteiger partial charge on any atom is 0.254 e. The van der Waals surface area contributed by atoms with Crippen LogP contribution in [0.25, 0.3) is 0 Å². The van der Waals surface area contributed by atoms with Crippen LogP contribution in [0.1, 0.15) is 72.6 Å². The fourth-order valence-electron chi connectivity index (χ4n) is 4.80. The summed E-state index contributed by atoms with van der Waals surface area (Å²) >= 11 is 5.20. The number of nitrogens with zero attached hydrogens (tertiary/aromatic N) is 2. The van der Waals surface area contributed by atoms with E-state index in [1.807, 2.05) is 29.2 Å². The van der Waals surface area contributed by atoms with Gasteiger partial charge >= 0.3 is 0 Å². The molecule has 190 valence electrons. The van der Waals surface area contributed by atoms with E-state index in [0.29, 0.717) is 18.7 Å². The first kappa shape index (κ1) is 26.6. The lowest BCUT2D eigenvalue weighted by atomic mass is 9.85. The van der Waals surface area contributed by atoms with Crippen LogP contribution in [-0.4, -0.2) is 41.2 Å². The van der Waals surface area contributed by atoms with E-state index in [2.05, 4.69) is 86.3 Å². The lowest BCUT2D eigenvalue weighted by Gasteiger charge is -2.38. The summed E-state index contributed by atoms with van der Waals surface area (Å²) < 4.78 is 0.922. The summed E-state index contributed by atoms with van der Waals surface area (Å²) in [6, 6.07) is 18.1. The summed E-state index contributed by atoms with van der Waals surface area (Å²) in [5, 5.41) is 2.12. The van der Waals surface area contributed by atoms with Gasteiger partial charge in [0.25, 0.3) is 5.91 Å². The molecule has 6 heteroatoms. The maximum atomic E-state index is 13.8. The predicted molar refractivity (Wildman–Crippen MR) is 152 cm³/mol. The third-order valence-corrected chi connectivity index (χ3v) is 8.19. The minimum Gasteiger partial charge on any atom is -0.330 e. The molecule has 4 nitrogen and oxygen atoms in total. The molecule has 2 aromatic carbocycles. The van der Waals surface area contributed by atoms with Gasteiger partial charge in [0.05, 0.1) is 6.04 Å². The number of carbonyl (C=O) groups is 2. The molecule has 1 aliphatic rings. The standard InChI is InChI=1S/C30H35BrN2O2S/c1-20(2)18-32(29(35)22-8-12-24(31)13-9-22)19-27(34)33-16-14-26-25(15-17-36-26)28(33)21-6-10-23(11-7-21)30(3,4)5/h6-13,15,17,20,28H,14,16,18-19H2,1-5H3/t28-/m1/s1. The Morgan fingerprint density at radius 1 is 1.06 bits per heavy atom.